The normalized spacial score (nSPS) is 11.1. The molecule has 0 spiro atoms. The van der Waals surface area contributed by atoms with Crippen molar-refractivity contribution < 1.29 is 17.9 Å². The van der Waals surface area contributed by atoms with Crippen LogP contribution in [-0.2, 0) is 16.6 Å². The SMILES string of the molecule is Cc1cccc(N(Cc2ccc(C(=O)NCCOc3ccccc3C)cc2)S(C)(=O)=O)c1. The van der Waals surface area contributed by atoms with E-state index in [0.717, 1.165) is 22.4 Å². The Hall–Kier alpha value is -3.32. The molecule has 6 nitrogen and oxygen atoms in total. The molecule has 0 heterocycles. The Morgan fingerprint density at radius 3 is 2.34 bits per heavy atom. The third-order valence-corrected chi connectivity index (χ3v) is 6.11. The van der Waals surface area contributed by atoms with Crippen LogP contribution in [0.4, 0.5) is 5.69 Å². The first kappa shape index (κ1) is 23.3. The standard InChI is InChI=1S/C25H28N2O4S/c1-19-7-6-9-23(17-19)27(32(3,29)30)18-21-11-13-22(14-12-21)25(28)26-15-16-31-24-10-5-4-8-20(24)2/h4-14,17H,15-16,18H2,1-3H3,(H,26,28). The summed E-state index contributed by atoms with van der Waals surface area (Å²) >= 11 is 0. The lowest BCUT2D eigenvalue weighted by Crippen LogP contribution is -2.29. The number of hydrogen-bond acceptors (Lipinski definition) is 4. The molecule has 0 unspecified atom stereocenters. The van der Waals surface area contributed by atoms with E-state index in [1.165, 1.54) is 10.6 Å². The maximum Gasteiger partial charge on any atom is 0.251 e. The lowest BCUT2D eigenvalue weighted by molar-refractivity contribution is 0.0947. The summed E-state index contributed by atoms with van der Waals surface area (Å²) in [7, 11) is -3.46. The molecule has 3 rings (SSSR count). The molecule has 7 heteroatoms. The summed E-state index contributed by atoms with van der Waals surface area (Å²) in [6.45, 7) is 4.83. The number of nitrogens with one attached hydrogen (secondary N) is 1. The molecule has 32 heavy (non-hydrogen) atoms. The van der Waals surface area contributed by atoms with E-state index in [9.17, 15) is 13.2 Å². The van der Waals surface area contributed by atoms with E-state index in [4.69, 9.17) is 4.74 Å². The molecule has 0 fully saturated rings. The van der Waals surface area contributed by atoms with Gasteiger partial charge in [-0.3, -0.25) is 9.10 Å². The van der Waals surface area contributed by atoms with Crippen molar-refractivity contribution in [3.63, 3.8) is 0 Å². The molecule has 0 radical (unpaired) electrons. The van der Waals surface area contributed by atoms with Gasteiger partial charge in [-0.25, -0.2) is 8.42 Å². The second-order valence-electron chi connectivity index (χ2n) is 7.68. The van der Waals surface area contributed by atoms with Gasteiger partial charge in [-0.05, 0) is 60.9 Å². The largest absolute Gasteiger partial charge is 0.491 e. The summed E-state index contributed by atoms with van der Waals surface area (Å²) in [5, 5.41) is 2.84. The molecule has 3 aromatic carbocycles. The smallest absolute Gasteiger partial charge is 0.251 e. The van der Waals surface area contributed by atoms with E-state index in [0.29, 0.717) is 24.4 Å². The molecule has 0 atom stereocenters. The Morgan fingerprint density at radius 2 is 1.69 bits per heavy atom. The lowest BCUT2D eigenvalue weighted by atomic mass is 10.1. The van der Waals surface area contributed by atoms with Gasteiger partial charge in [0.05, 0.1) is 25.0 Å². The zero-order valence-corrected chi connectivity index (χ0v) is 19.4. The number of hydrogen-bond donors (Lipinski definition) is 1. The first-order valence-electron chi connectivity index (χ1n) is 10.3. The van der Waals surface area contributed by atoms with Crippen molar-refractivity contribution in [2.75, 3.05) is 23.7 Å². The first-order chi connectivity index (χ1) is 15.2. The second kappa shape index (κ2) is 10.3. The molecule has 1 amide bonds. The highest BCUT2D eigenvalue weighted by Gasteiger charge is 2.18. The average molecular weight is 453 g/mol. The summed E-state index contributed by atoms with van der Waals surface area (Å²) in [5.74, 6) is 0.596. The molecule has 0 bridgehead atoms. The number of benzene rings is 3. The van der Waals surface area contributed by atoms with Gasteiger partial charge in [0, 0.05) is 5.56 Å². The first-order valence-corrected chi connectivity index (χ1v) is 12.2. The second-order valence-corrected chi connectivity index (χ2v) is 9.58. The average Bonchev–Trinajstić information content (AvgIpc) is 2.75. The molecule has 0 aliphatic rings. The van der Waals surface area contributed by atoms with Gasteiger partial charge < -0.3 is 10.1 Å². The summed E-state index contributed by atoms with van der Waals surface area (Å²) in [6, 6.07) is 22.0. The van der Waals surface area contributed by atoms with Crippen LogP contribution in [-0.4, -0.2) is 33.7 Å². The van der Waals surface area contributed by atoms with Crippen molar-refractivity contribution in [1.29, 1.82) is 0 Å². The Kier molecular flexibility index (Phi) is 7.53. The zero-order chi connectivity index (χ0) is 23.1. The molecule has 0 aliphatic heterocycles. The maximum atomic E-state index is 12.4. The minimum atomic E-state index is -3.46. The van der Waals surface area contributed by atoms with Crippen molar-refractivity contribution >= 4 is 21.6 Å². The molecule has 1 N–H and O–H groups in total. The summed E-state index contributed by atoms with van der Waals surface area (Å²) in [6.07, 6.45) is 1.19. The Labute approximate surface area is 189 Å². The van der Waals surface area contributed by atoms with Gasteiger partial charge in [-0.15, -0.1) is 0 Å². The van der Waals surface area contributed by atoms with Crippen molar-refractivity contribution in [3.8, 4) is 5.75 Å². The topological polar surface area (TPSA) is 75.7 Å². The van der Waals surface area contributed by atoms with Gasteiger partial charge in [-0.1, -0.05) is 42.5 Å². The van der Waals surface area contributed by atoms with E-state index in [1.54, 1.807) is 30.3 Å². The van der Waals surface area contributed by atoms with Crippen LogP contribution in [0.3, 0.4) is 0 Å². The summed E-state index contributed by atoms with van der Waals surface area (Å²) < 4.78 is 31.7. The van der Waals surface area contributed by atoms with Gasteiger partial charge >= 0.3 is 0 Å². The number of carbonyl (C=O) groups excluding carboxylic acids is 1. The number of para-hydroxylation sites is 1. The highest BCUT2D eigenvalue weighted by Crippen LogP contribution is 2.22. The van der Waals surface area contributed by atoms with Gasteiger partial charge in [0.2, 0.25) is 10.0 Å². The zero-order valence-electron chi connectivity index (χ0n) is 18.5. The monoisotopic (exact) mass is 452 g/mol. The van der Waals surface area contributed by atoms with Crippen LogP contribution in [0.5, 0.6) is 5.75 Å². The molecular weight excluding hydrogens is 424 g/mol. The molecule has 0 saturated carbocycles. The fourth-order valence-corrected chi connectivity index (χ4v) is 4.14. The highest BCUT2D eigenvalue weighted by molar-refractivity contribution is 7.92. The number of rotatable bonds is 9. The molecule has 0 aromatic heterocycles. The van der Waals surface area contributed by atoms with Crippen molar-refractivity contribution in [2.45, 2.75) is 20.4 Å². The van der Waals surface area contributed by atoms with Gasteiger partial charge in [0.1, 0.15) is 12.4 Å². The number of sulfonamides is 1. The van der Waals surface area contributed by atoms with E-state index in [1.807, 2.05) is 56.3 Å². The van der Waals surface area contributed by atoms with E-state index in [-0.39, 0.29) is 12.5 Å². The van der Waals surface area contributed by atoms with Crippen LogP contribution < -0.4 is 14.4 Å². The molecule has 0 aliphatic carbocycles. The van der Waals surface area contributed by atoms with E-state index in [2.05, 4.69) is 5.32 Å². The number of anilines is 1. The quantitative estimate of drug-likeness (QED) is 0.497. The van der Waals surface area contributed by atoms with Crippen LogP contribution in [0.25, 0.3) is 0 Å². The fraction of sp³-hybridized carbons (Fsp3) is 0.240. The van der Waals surface area contributed by atoms with Crippen LogP contribution in [0, 0.1) is 13.8 Å². The minimum Gasteiger partial charge on any atom is -0.491 e. The summed E-state index contributed by atoms with van der Waals surface area (Å²) in [5.41, 5.74) is 3.93. The molecule has 3 aromatic rings. The predicted molar refractivity (Wildman–Crippen MR) is 128 cm³/mol. The number of carbonyl (C=O) groups is 1. The van der Waals surface area contributed by atoms with Crippen LogP contribution in [0.2, 0.25) is 0 Å². The van der Waals surface area contributed by atoms with Gasteiger partial charge in [-0.2, -0.15) is 0 Å². The van der Waals surface area contributed by atoms with Gasteiger partial charge in [0.15, 0.2) is 0 Å². The molecule has 0 saturated heterocycles. The molecule has 168 valence electrons. The number of amides is 1. The van der Waals surface area contributed by atoms with Crippen LogP contribution in [0.15, 0.2) is 72.8 Å². The predicted octanol–water partition coefficient (Wildman–Crippen LogP) is 4.08. The van der Waals surface area contributed by atoms with E-state index < -0.39 is 10.0 Å². The van der Waals surface area contributed by atoms with Crippen molar-refractivity contribution in [1.82, 2.24) is 5.32 Å². The highest BCUT2D eigenvalue weighted by atomic mass is 32.2. The molecular formula is C25H28N2O4S. The third-order valence-electron chi connectivity index (χ3n) is 4.97. The third kappa shape index (κ3) is 6.34. The Morgan fingerprint density at radius 1 is 0.969 bits per heavy atom. The summed E-state index contributed by atoms with van der Waals surface area (Å²) in [4.78, 5) is 12.4. The number of aryl methyl sites for hydroxylation is 2. The number of nitrogens with zero attached hydrogens (tertiary/aromatic N) is 1. The van der Waals surface area contributed by atoms with Crippen molar-refractivity contribution in [3.05, 3.63) is 95.1 Å². The fourth-order valence-electron chi connectivity index (χ4n) is 3.26. The minimum absolute atomic E-state index is 0.189. The number of ether oxygens (including phenoxy) is 1. The van der Waals surface area contributed by atoms with Crippen LogP contribution in [0.1, 0.15) is 27.0 Å². The lowest BCUT2D eigenvalue weighted by Gasteiger charge is -2.23. The maximum absolute atomic E-state index is 12.4. The van der Waals surface area contributed by atoms with E-state index >= 15 is 0 Å². The van der Waals surface area contributed by atoms with Gasteiger partial charge in [0.25, 0.3) is 5.91 Å². The Bertz CT molecular complexity index is 1170. The van der Waals surface area contributed by atoms with Crippen molar-refractivity contribution in [2.24, 2.45) is 0 Å². The van der Waals surface area contributed by atoms with Crippen LogP contribution >= 0.6 is 0 Å². The Balaban J connectivity index is 1.58.